The summed E-state index contributed by atoms with van der Waals surface area (Å²) < 4.78 is 30.5. The van der Waals surface area contributed by atoms with Gasteiger partial charge in [0.1, 0.15) is 6.26 Å². The Morgan fingerprint density at radius 3 is 2.56 bits per heavy atom. The van der Waals surface area contributed by atoms with Gasteiger partial charge in [-0.3, -0.25) is 0 Å². The number of hydrogen-bond acceptors (Lipinski definition) is 4. The average Bonchev–Trinajstić information content (AvgIpc) is 2.81. The first-order valence-corrected chi connectivity index (χ1v) is 6.11. The van der Waals surface area contributed by atoms with Crippen molar-refractivity contribution in [1.29, 1.82) is 0 Å². The quantitative estimate of drug-likeness (QED) is 0.867. The summed E-state index contributed by atoms with van der Waals surface area (Å²) in [5.41, 5.74) is 0.541. The Kier molecular flexibility index (Phi) is 3.02. The molecule has 0 radical (unpaired) electrons. The van der Waals surface area contributed by atoms with E-state index in [0.717, 1.165) is 0 Å². The van der Waals surface area contributed by atoms with E-state index < -0.39 is 10.0 Å². The maximum absolute atomic E-state index is 11.8. The molecule has 84 valence electrons. The normalized spacial score (nSPS) is 11.5. The van der Waals surface area contributed by atoms with Gasteiger partial charge in [-0.1, -0.05) is 23.4 Å². The predicted octanol–water partition coefficient (Wildman–Crippen LogP) is 1.15. The zero-order valence-electron chi connectivity index (χ0n) is 8.33. The topological polar surface area (TPSA) is 72.2 Å². The van der Waals surface area contributed by atoms with Gasteiger partial charge in [-0.15, -0.1) is 0 Å². The van der Waals surface area contributed by atoms with Crippen molar-refractivity contribution in [3.05, 3.63) is 48.4 Å². The van der Waals surface area contributed by atoms with E-state index in [1.807, 2.05) is 0 Å². The highest BCUT2D eigenvalue weighted by atomic mass is 32.2. The molecule has 6 heteroatoms. The summed E-state index contributed by atoms with van der Waals surface area (Å²) in [5, 5.41) is 3.61. The number of aromatic nitrogens is 1. The Bertz CT molecular complexity index is 535. The van der Waals surface area contributed by atoms with E-state index in [-0.39, 0.29) is 11.4 Å². The number of nitrogens with one attached hydrogen (secondary N) is 1. The molecule has 5 nitrogen and oxygen atoms in total. The van der Waals surface area contributed by atoms with E-state index >= 15 is 0 Å². The lowest BCUT2D eigenvalue weighted by atomic mass is 10.4. The Morgan fingerprint density at radius 1 is 1.19 bits per heavy atom. The van der Waals surface area contributed by atoms with Gasteiger partial charge in [-0.2, -0.15) is 0 Å². The Labute approximate surface area is 93.1 Å². The smallest absolute Gasteiger partial charge is 0.240 e. The molecule has 0 bridgehead atoms. The van der Waals surface area contributed by atoms with Crippen LogP contribution >= 0.6 is 0 Å². The summed E-state index contributed by atoms with van der Waals surface area (Å²) in [6.07, 6.45) is 1.39. The molecule has 0 aliphatic heterocycles. The monoisotopic (exact) mass is 238 g/mol. The van der Waals surface area contributed by atoms with Crippen LogP contribution in [0.25, 0.3) is 0 Å². The van der Waals surface area contributed by atoms with Gasteiger partial charge in [-0.05, 0) is 12.1 Å². The van der Waals surface area contributed by atoms with Gasteiger partial charge >= 0.3 is 0 Å². The second kappa shape index (κ2) is 4.46. The molecule has 0 aliphatic rings. The molecule has 0 saturated carbocycles. The number of benzene rings is 1. The second-order valence-corrected chi connectivity index (χ2v) is 4.90. The van der Waals surface area contributed by atoms with Gasteiger partial charge in [0.05, 0.1) is 17.1 Å². The predicted molar refractivity (Wildman–Crippen MR) is 57.0 cm³/mol. The van der Waals surface area contributed by atoms with E-state index in [2.05, 4.69) is 14.4 Å². The molecule has 0 spiro atoms. The SMILES string of the molecule is O=S(=O)(NCc1ccon1)c1ccccc1. The van der Waals surface area contributed by atoms with Crippen LogP contribution in [0.4, 0.5) is 0 Å². The third kappa shape index (κ3) is 2.47. The zero-order chi connectivity index (χ0) is 11.4. The molecule has 2 aromatic rings. The van der Waals surface area contributed by atoms with Crippen molar-refractivity contribution in [2.24, 2.45) is 0 Å². The highest BCUT2D eigenvalue weighted by Gasteiger charge is 2.13. The lowest BCUT2D eigenvalue weighted by Gasteiger charge is -2.04. The number of sulfonamides is 1. The van der Waals surface area contributed by atoms with Crippen LogP contribution in [-0.4, -0.2) is 13.6 Å². The maximum Gasteiger partial charge on any atom is 0.240 e. The molecule has 0 amide bonds. The van der Waals surface area contributed by atoms with Gasteiger partial charge in [0.15, 0.2) is 0 Å². The molecule has 1 heterocycles. The molecule has 1 aromatic carbocycles. The third-order valence-electron chi connectivity index (χ3n) is 1.99. The largest absolute Gasteiger partial charge is 0.364 e. The maximum atomic E-state index is 11.8. The minimum atomic E-state index is -3.47. The minimum Gasteiger partial charge on any atom is -0.364 e. The molecule has 0 atom stereocenters. The summed E-state index contributed by atoms with van der Waals surface area (Å²) in [6.45, 7) is 0.119. The molecule has 0 saturated heterocycles. The number of rotatable bonds is 4. The zero-order valence-corrected chi connectivity index (χ0v) is 9.15. The van der Waals surface area contributed by atoms with E-state index in [4.69, 9.17) is 0 Å². The molecule has 0 unspecified atom stereocenters. The molecule has 2 rings (SSSR count). The van der Waals surface area contributed by atoms with Crippen molar-refractivity contribution in [2.75, 3.05) is 0 Å². The van der Waals surface area contributed by atoms with Crippen LogP contribution in [0, 0.1) is 0 Å². The standard InChI is InChI=1S/C10H10N2O3S/c13-16(14,10-4-2-1-3-5-10)11-8-9-6-7-15-12-9/h1-7,11H,8H2. The Morgan fingerprint density at radius 2 is 1.94 bits per heavy atom. The molecular weight excluding hydrogens is 228 g/mol. The van der Waals surface area contributed by atoms with Gasteiger partial charge in [0.25, 0.3) is 0 Å². The summed E-state index contributed by atoms with van der Waals surface area (Å²) in [6, 6.07) is 9.77. The lowest BCUT2D eigenvalue weighted by molar-refractivity contribution is 0.411. The second-order valence-electron chi connectivity index (χ2n) is 3.13. The average molecular weight is 238 g/mol. The first-order chi connectivity index (χ1) is 7.68. The summed E-state index contributed by atoms with van der Waals surface area (Å²) in [5.74, 6) is 0. The summed E-state index contributed by atoms with van der Waals surface area (Å²) in [4.78, 5) is 0.235. The van der Waals surface area contributed by atoms with Gasteiger partial charge < -0.3 is 4.52 Å². The van der Waals surface area contributed by atoms with Crippen LogP contribution in [0.15, 0.2) is 52.1 Å². The van der Waals surface area contributed by atoms with Crippen LogP contribution in [-0.2, 0) is 16.6 Å². The van der Waals surface area contributed by atoms with Crippen molar-refractivity contribution >= 4 is 10.0 Å². The van der Waals surface area contributed by atoms with Crippen molar-refractivity contribution in [3.63, 3.8) is 0 Å². The van der Waals surface area contributed by atoms with Crippen LogP contribution < -0.4 is 4.72 Å². The van der Waals surface area contributed by atoms with E-state index in [0.29, 0.717) is 5.69 Å². The first-order valence-electron chi connectivity index (χ1n) is 4.62. The van der Waals surface area contributed by atoms with Crippen LogP contribution in [0.1, 0.15) is 5.69 Å². The fourth-order valence-corrected chi connectivity index (χ4v) is 2.20. The number of nitrogens with zero attached hydrogens (tertiary/aromatic N) is 1. The molecule has 16 heavy (non-hydrogen) atoms. The van der Waals surface area contributed by atoms with Crippen LogP contribution in [0.5, 0.6) is 0 Å². The fraction of sp³-hybridized carbons (Fsp3) is 0.100. The van der Waals surface area contributed by atoms with Crippen molar-refractivity contribution in [1.82, 2.24) is 9.88 Å². The van der Waals surface area contributed by atoms with E-state index in [1.165, 1.54) is 18.4 Å². The lowest BCUT2D eigenvalue weighted by Crippen LogP contribution is -2.23. The molecule has 0 fully saturated rings. The highest BCUT2D eigenvalue weighted by molar-refractivity contribution is 7.89. The number of hydrogen-bond donors (Lipinski definition) is 1. The van der Waals surface area contributed by atoms with Crippen molar-refractivity contribution in [2.45, 2.75) is 11.4 Å². The van der Waals surface area contributed by atoms with Gasteiger partial charge in [0.2, 0.25) is 10.0 Å². The van der Waals surface area contributed by atoms with Gasteiger partial charge in [0, 0.05) is 6.07 Å². The fourth-order valence-electron chi connectivity index (χ4n) is 1.18. The summed E-state index contributed by atoms with van der Waals surface area (Å²) >= 11 is 0. The molecule has 1 aromatic heterocycles. The molecule has 0 aliphatic carbocycles. The van der Waals surface area contributed by atoms with Gasteiger partial charge in [-0.25, -0.2) is 13.1 Å². The van der Waals surface area contributed by atoms with Crippen LogP contribution in [0.2, 0.25) is 0 Å². The highest BCUT2D eigenvalue weighted by Crippen LogP contribution is 2.07. The molecule has 1 N–H and O–H groups in total. The summed E-state index contributed by atoms with van der Waals surface area (Å²) in [7, 11) is -3.47. The van der Waals surface area contributed by atoms with Crippen molar-refractivity contribution in [3.8, 4) is 0 Å². The van der Waals surface area contributed by atoms with E-state index in [9.17, 15) is 8.42 Å². The van der Waals surface area contributed by atoms with Crippen LogP contribution in [0.3, 0.4) is 0 Å². The minimum absolute atomic E-state index is 0.119. The first kappa shape index (κ1) is 10.8. The molecular formula is C10H10N2O3S. The van der Waals surface area contributed by atoms with E-state index in [1.54, 1.807) is 24.3 Å². The third-order valence-corrected chi connectivity index (χ3v) is 3.41. The Hall–Kier alpha value is -1.66. The van der Waals surface area contributed by atoms with Crippen molar-refractivity contribution < 1.29 is 12.9 Å². The Balaban J connectivity index is 2.10.